The maximum absolute atomic E-state index is 8.68. The fraction of sp³-hybridized carbons (Fsp3) is 0.571. The molecule has 21 heavy (non-hydrogen) atoms. The summed E-state index contributed by atoms with van der Waals surface area (Å²) in [6.07, 6.45) is 0.997. The Balaban J connectivity index is 2.15. The van der Waals surface area contributed by atoms with Gasteiger partial charge in [-0.25, -0.2) is 4.98 Å². The molecule has 0 saturated carbocycles. The van der Waals surface area contributed by atoms with Crippen molar-refractivity contribution in [2.45, 2.75) is 20.3 Å². The molecule has 0 spiro atoms. The second-order valence-corrected chi connectivity index (χ2v) is 5.59. The van der Waals surface area contributed by atoms with Crippen molar-refractivity contribution in [2.75, 3.05) is 43.5 Å². The van der Waals surface area contributed by atoms with E-state index in [2.05, 4.69) is 33.6 Å². The van der Waals surface area contributed by atoms with Gasteiger partial charge < -0.3 is 20.5 Å². The topological polar surface area (TPSA) is 79.3 Å². The molecule has 0 aliphatic heterocycles. The van der Waals surface area contributed by atoms with Crippen LogP contribution < -0.4 is 10.6 Å². The summed E-state index contributed by atoms with van der Waals surface area (Å²) < 4.78 is 5.25. The number of nitrogens with one attached hydrogen (secondary N) is 2. The van der Waals surface area contributed by atoms with Gasteiger partial charge in [-0.15, -0.1) is 11.3 Å². The molecule has 2 aromatic rings. The van der Waals surface area contributed by atoms with Gasteiger partial charge in [-0.05, 0) is 19.4 Å². The van der Waals surface area contributed by atoms with Gasteiger partial charge in [0.2, 0.25) is 5.95 Å². The number of fused-ring (bicyclic) bond motifs is 1. The van der Waals surface area contributed by atoms with E-state index in [1.54, 1.807) is 11.3 Å². The molecule has 2 aromatic heterocycles. The Kier molecular flexibility index (Phi) is 6.16. The Morgan fingerprint density at radius 1 is 1.24 bits per heavy atom. The molecule has 0 amide bonds. The number of aryl methyl sites for hydroxylation is 1. The standard InChI is InChI=1S/C14H22N4O2S/c1-3-10-9-11-12(16-5-7-20-8-6-19)17-14(15-4-2)18-13(11)21-10/h9,19H,3-8H2,1-2H3,(H2,15,16,17,18). The van der Waals surface area contributed by atoms with Crippen LogP contribution in [-0.2, 0) is 11.2 Å². The number of anilines is 2. The third kappa shape index (κ3) is 4.26. The van der Waals surface area contributed by atoms with Gasteiger partial charge in [0.15, 0.2) is 0 Å². The van der Waals surface area contributed by atoms with Crippen LogP contribution in [0.15, 0.2) is 6.07 Å². The molecule has 6 nitrogen and oxygen atoms in total. The van der Waals surface area contributed by atoms with Crippen molar-refractivity contribution in [2.24, 2.45) is 0 Å². The molecule has 7 heteroatoms. The lowest BCUT2D eigenvalue weighted by Crippen LogP contribution is -2.13. The van der Waals surface area contributed by atoms with Crippen LogP contribution in [0.3, 0.4) is 0 Å². The molecule has 0 aliphatic rings. The van der Waals surface area contributed by atoms with E-state index in [0.29, 0.717) is 25.7 Å². The highest BCUT2D eigenvalue weighted by atomic mass is 32.1. The van der Waals surface area contributed by atoms with Crippen LogP contribution in [0.4, 0.5) is 11.8 Å². The summed E-state index contributed by atoms with van der Waals surface area (Å²) >= 11 is 1.70. The molecule has 0 saturated heterocycles. The normalized spacial score (nSPS) is 11.0. The van der Waals surface area contributed by atoms with Crippen molar-refractivity contribution < 1.29 is 9.84 Å². The minimum Gasteiger partial charge on any atom is -0.394 e. The summed E-state index contributed by atoms with van der Waals surface area (Å²) in [6.45, 7) is 6.54. The largest absolute Gasteiger partial charge is 0.394 e. The van der Waals surface area contributed by atoms with Crippen molar-refractivity contribution in [3.63, 3.8) is 0 Å². The molecule has 0 aromatic carbocycles. The molecular formula is C14H22N4O2S. The van der Waals surface area contributed by atoms with Crippen LogP contribution in [0.1, 0.15) is 18.7 Å². The van der Waals surface area contributed by atoms with E-state index in [1.165, 1.54) is 4.88 Å². The zero-order valence-corrected chi connectivity index (χ0v) is 13.3. The smallest absolute Gasteiger partial charge is 0.226 e. The first-order valence-electron chi connectivity index (χ1n) is 7.25. The van der Waals surface area contributed by atoms with Crippen LogP contribution in [0, 0.1) is 0 Å². The number of aliphatic hydroxyl groups excluding tert-OH is 1. The van der Waals surface area contributed by atoms with E-state index in [-0.39, 0.29) is 6.61 Å². The quantitative estimate of drug-likeness (QED) is 0.616. The summed E-state index contributed by atoms with van der Waals surface area (Å²) in [7, 11) is 0. The van der Waals surface area contributed by atoms with E-state index in [1.807, 2.05) is 6.92 Å². The molecule has 0 radical (unpaired) electrons. The van der Waals surface area contributed by atoms with Gasteiger partial charge in [0.05, 0.1) is 25.2 Å². The number of ether oxygens (including phenoxy) is 1. The number of thiophene rings is 1. The predicted octanol–water partition coefficient (Wildman–Crippen LogP) is 2.11. The van der Waals surface area contributed by atoms with E-state index in [4.69, 9.17) is 9.84 Å². The Hall–Kier alpha value is -1.44. The van der Waals surface area contributed by atoms with Gasteiger partial charge in [0.1, 0.15) is 10.6 Å². The molecule has 0 fully saturated rings. The molecule has 0 unspecified atom stereocenters. The molecule has 0 atom stereocenters. The lowest BCUT2D eigenvalue weighted by Gasteiger charge is -2.09. The maximum Gasteiger partial charge on any atom is 0.226 e. The van der Waals surface area contributed by atoms with Crippen molar-refractivity contribution in [1.82, 2.24) is 9.97 Å². The highest BCUT2D eigenvalue weighted by Crippen LogP contribution is 2.30. The fourth-order valence-electron chi connectivity index (χ4n) is 1.93. The average molecular weight is 310 g/mol. The lowest BCUT2D eigenvalue weighted by atomic mass is 10.3. The summed E-state index contributed by atoms with van der Waals surface area (Å²) in [6, 6.07) is 2.15. The average Bonchev–Trinajstić information content (AvgIpc) is 2.90. The molecule has 2 heterocycles. The Morgan fingerprint density at radius 3 is 2.81 bits per heavy atom. The van der Waals surface area contributed by atoms with E-state index in [0.717, 1.165) is 29.0 Å². The minimum absolute atomic E-state index is 0.0483. The van der Waals surface area contributed by atoms with Crippen molar-refractivity contribution in [1.29, 1.82) is 0 Å². The van der Waals surface area contributed by atoms with E-state index in [9.17, 15) is 0 Å². The maximum atomic E-state index is 8.68. The van der Waals surface area contributed by atoms with Crippen molar-refractivity contribution in [3.05, 3.63) is 10.9 Å². The second kappa shape index (κ2) is 8.11. The van der Waals surface area contributed by atoms with Crippen LogP contribution in [0.2, 0.25) is 0 Å². The highest BCUT2D eigenvalue weighted by molar-refractivity contribution is 7.18. The van der Waals surface area contributed by atoms with E-state index >= 15 is 0 Å². The van der Waals surface area contributed by atoms with Gasteiger partial charge in [0, 0.05) is 18.0 Å². The zero-order chi connectivity index (χ0) is 15.1. The Labute approximate surface area is 128 Å². The van der Waals surface area contributed by atoms with Gasteiger partial charge >= 0.3 is 0 Å². The molecule has 116 valence electrons. The van der Waals surface area contributed by atoms with Crippen LogP contribution in [0.25, 0.3) is 10.2 Å². The van der Waals surface area contributed by atoms with Gasteiger partial charge in [-0.3, -0.25) is 0 Å². The van der Waals surface area contributed by atoms with Crippen LogP contribution >= 0.6 is 11.3 Å². The number of rotatable bonds is 9. The number of aromatic nitrogens is 2. The first-order valence-corrected chi connectivity index (χ1v) is 8.06. The Bertz CT molecular complexity index is 573. The molecule has 0 aliphatic carbocycles. The fourth-order valence-corrected chi connectivity index (χ4v) is 2.89. The molecule has 2 rings (SSSR count). The van der Waals surface area contributed by atoms with Crippen molar-refractivity contribution >= 4 is 33.3 Å². The summed E-state index contributed by atoms with van der Waals surface area (Å²) in [4.78, 5) is 11.4. The van der Waals surface area contributed by atoms with Crippen LogP contribution in [0.5, 0.6) is 0 Å². The van der Waals surface area contributed by atoms with Crippen LogP contribution in [-0.4, -0.2) is 48.0 Å². The Morgan fingerprint density at radius 2 is 2.10 bits per heavy atom. The number of hydrogen-bond donors (Lipinski definition) is 3. The predicted molar refractivity (Wildman–Crippen MR) is 87.4 cm³/mol. The number of hydrogen-bond acceptors (Lipinski definition) is 7. The summed E-state index contributed by atoms with van der Waals surface area (Å²) in [5.74, 6) is 1.48. The third-order valence-corrected chi connectivity index (χ3v) is 4.07. The second-order valence-electron chi connectivity index (χ2n) is 4.47. The number of aliphatic hydroxyl groups is 1. The first-order chi connectivity index (χ1) is 10.3. The summed E-state index contributed by atoms with van der Waals surface area (Å²) in [5.41, 5.74) is 0. The lowest BCUT2D eigenvalue weighted by molar-refractivity contribution is 0.0992. The third-order valence-electron chi connectivity index (χ3n) is 2.90. The van der Waals surface area contributed by atoms with Gasteiger partial charge in [-0.1, -0.05) is 6.92 Å². The molecular weight excluding hydrogens is 288 g/mol. The van der Waals surface area contributed by atoms with Crippen molar-refractivity contribution in [3.8, 4) is 0 Å². The molecule has 0 bridgehead atoms. The minimum atomic E-state index is 0.0483. The highest BCUT2D eigenvalue weighted by Gasteiger charge is 2.10. The molecule has 3 N–H and O–H groups in total. The SMILES string of the molecule is CCNc1nc(NCCOCCO)c2cc(CC)sc2n1. The van der Waals surface area contributed by atoms with Gasteiger partial charge in [-0.2, -0.15) is 4.98 Å². The summed E-state index contributed by atoms with van der Waals surface area (Å²) in [5, 5.41) is 16.2. The van der Waals surface area contributed by atoms with Gasteiger partial charge in [0.25, 0.3) is 0 Å². The monoisotopic (exact) mass is 310 g/mol. The van der Waals surface area contributed by atoms with E-state index < -0.39 is 0 Å². The first kappa shape index (κ1) is 15.9. The zero-order valence-electron chi connectivity index (χ0n) is 12.5. The number of nitrogens with zero attached hydrogens (tertiary/aromatic N) is 2.